The van der Waals surface area contributed by atoms with E-state index < -0.39 is 48.6 Å². The Morgan fingerprint density at radius 1 is 1.30 bits per heavy atom. The highest BCUT2D eigenvalue weighted by atomic mass is 19.1. The Labute approximate surface area is 154 Å². The zero-order valence-corrected chi connectivity index (χ0v) is 14.9. The Morgan fingerprint density at radius 3 is 2.74 bits per heavy atom. The number of piperidine rings is 1. The fraction of sp³-hybridized carbons (Fsp3) is 0.444. The van der Waals surface area contributed by atoms with Crippen molar-refractivity contribution in [2.24, 2.45) is 0 Å². The number of benzene rings is 1. The van der Waals surface area contributed by atoms with Crippen LogP contribution in [0.25, 0.3) is 0 Å². The van der Waals surface area contributed by atoms with Crippen molar-refractivity contribution < 1.29 is 33.0 Å². The van der Waals surface area contributed by atoms with E-state index in [0.29, 0.717) is 11.1 Å². The van der Waals surface area contributed by atoms with Crippen molar-refractivity contribution >= 4 is 23.9 Å². The molecule has 8 nitrogen and oxygen atoms in total. The molecule has 1 atom stereocenters. The van der Waals surface area contributed by atoms with Crippen LogP contribution in [0.15, 0.2) is 18.2 Å². The lowest BCUT2D eigenvalue weighted by atomic mass is 10.0. The van der Waals surface area contributed by atoms with Crippen LogP contribution in [0.2, 0.25) is 0 Å². The molecular formula is C18H19FN2O6. The van der Waals surface area contributed by atoms with Gasteiger partial charge in [-0.1, -0.05) is 0 Å². The molecule has 2 aliphatic heterocycles. The van der Waals surface area contributed by atoms with Crippen LogP contribution in [0.4, 0.5) is 9.18 Å². The molecule has 0 bridgehead atoms. The summed E-state index contributed by atoms with van der Waals surface area (Å²) < 4.78 is 23.0. The molecule has 144 valence electrons. The van der Waals surface area contributed by atoms with Crippen molar-refractivity contribution in [2.75, 3.05) is 6.73 Å². The summed E-state index contributed by atoms with van der Waals surface area (Å²) in [6.45, 7) is 2.77. The number of likely N-dealkylation sites (tertiary alicyclic amines) is 1. The molecule has 2 heterocycles. The number of imide groups is 1. The van der Waals surface area contributed by atoms with Gasteiger partial charge in [-0.3, -0.25) is 14.4 Å². The van der Waals surface area contributed by atoms with Gasteiger partial charge in [-0.25, -0.2) is 14.1 Å². The van der Waals surface area contributed by atoms with Gasteiger partial charge in [0.2, 0.25) is 5.91 Å². The third-order valence-corrected chi connectivity index (χ3v) is 4.40. The number of carbonyl (C=O) groups is 4. The molecule has 1 unspecified atom stereocenters. The zero-order valence-electron chi connectivity index (χ0n) is 14.9. The molecule has 0 aliphatic carbocycles. The van der Waals surface area contributed by atoms with E-state index in [1.165, 1.54) is 23.1 Å². The maximum absolute atomic E-state index is 13.4. The summed E-state index contributed by atoms with van der Waals surface area (Å²) in [6, 6.07) is 2.95. The predicted octanol–water partition coefficient (Wildman–Crippen LogP) is 1.82. The summed E-state index contributed by atoms with van der Waals surface area (Å²) in [4.78, 5) is 51.0. The first-order chi connectivity index (χ1) is 12.8. The van der Waals surface area contributed by atoms with Gasteiger partial charge in [-0.05, 0) is 44.0 Å². The van der Waals surface area contributed by atoms with Crippen LogP contribution in [-0.4, -0.2) is 52.6 Å². The number of ether oxygens (including phenoxy) is 2. The SMILES string of the molecule is CC(C)OC(=O)OCN1C(=O)CCC(N2Cc3cc(F)ccc3C2=O)C1=O. The molecule has 0 spiro atoms. The molecule has 2 aliphatic rings. The van der Waals surface area contributed by atoms with Gasteiger partial charge in [-0.15, -0.1) is 0 Å². The second-order valence-corrected chi connectivity index (χ2v) is 6.64. The number of fused-ring (bicyclic) bond motifs is 1. The molecule has 0 aromatic heterocycles. The molecule has 27 heavy (non-hydrogen) atoms. The van der Waals surface area contributed by atoms with E-state index in [2.05, 4.69) is 0 Å². The molecule has 1 fully saturated rings. The van der Waals surface area contributed by atoms with Crippen LogP contribution in [-0.2, 0) is 25.6 Å². The number of hydrogen-bond acceptors (Lipinski definition) is 6. The van der Waals surface area contributed by atoms with Crippen molar-refractivity contribution in [2.45, 2.75) is 45.4 Å². The molecule has 9 heteroatoms. The Morgan fingerprint density at radius 2 is 2.04 bits per heavy atom. The number of nitrogens with zero attached hydrogens (tertiary/aromatic N) is 2. The van der Waals surface area contributed by atoms with Crippen LogP contribution in [0.1, 0.15) is 42.6 Å². The number of amides is 3. The average molecular weight is 378 g/mol. The van der Waals surface area contributed by atoms with Crippen LogP contribution in [0, 0.1) is 5.82 Å². The van der Waals surface area contributed by atoms with E-state index in [0.717, 1.165) is 4.90 Å². The number of rotatable bonds is 4. The van der Waals surface area contributed by atoms with E-state index in [1.807, 2.05) is 0 Å². The maximum Gasteiger partial charge on any atom is 0.510 e. The van der Waals surface area contributed by atoms with Crippen LogP contribution < -0.4 is 0 Å². The summed E-state index contributed by atoms with van der Waals surface area (Å²) in [7, 11) is 0. The molecule has 1 aromatic rings. The largest absolute Gasteiger partial charge is 0.510 e. The minimum atomic E-state index is -0.993. The molecule has 1 saturated heterocycles. The van der Waals surface area contributed by atoms with Gasteiger partial charge in [0.25, 0.3) is 11.8 Å². The Hall–Kier alpha value is -2.97. The third kappa shape index (κ3) is 3.76. The first-order valence-electron chi connectivity index (χ1n) is 8.55. The first-order valence-corrected chi connectivity index (χ1v) is 8.55. The van der Waals surface area contributed by atoms with E-state index in [9.17, 15) is 23.6 Å². The van der Waals surface area contributed by atoms with E-state index >= 15 is 0 Å². The van der Waals surface area contributed by atoms with Crippen molar-refractivity contribution in [1.82, 2.24) is 9.80 Å². The monoisotopic (exact) mass is 378 g/mol. The highest BCUT2D eigenvalue weighted by Gasteiger charge is 2.43. The van der Waals surface area contributed by atoms with Gasteiger partial charge in [0.05, 0.1) is 6.10 Å². The summed E-state index contributed by atoms with van der Waals surface area (Å²) in [6.07, 6.45) is -1.22. The normalized spacial score (nSPS) is 19.6. The van der Waals surface area contributed by atoms with Crippen molar-refractivity contribution in [1.29, 1.82) is 0 Å². The quantitative estimate of drug-likeness (QED) is 0.586. The third-order valence-electron chi connectivity index (χ3n) is 4.40. The minimum Gasteiger partial charge on any atom is -0.432 e. The van der Waals surface area contributed by atoms with Crippen LogP contribution >= 0.6 is 0 Å². The first kappa shape index (κ1) is 18.8. The lowest BCUT2D eigenvalue weighted by Gasteiger charge is -2.34. The molecular weight excluding hydrogens is 359 g/mol. The molecule has 3 amide bonds. The summed E-state index contributed by atoms with van der Waals surface area (Å²) in [5.74, 6) is -1.99. The average Bonchev–Trinajstić information content (AvgIpc) is 2.90. The molecule has 0 radical (unpaired) electrons. The van der Waals surface area contributed by atoms with Crippen molar-refractivity contribution in [3.63, 3.8) is 0 Å². The van der Waals surface area contributed by atoms with Gasteiger partial charge in [0, 0.05) is 18.5 Å². The Bertz CT molecular complexity index is 809. The summed E-state index contributed by atoms with van der Waals surface area (Å²) in [5, 5.41) is 0. The predicted molar refractivity (Wildman–Crippen MR) is 88.7 cm³/mol. The second-order valence-electron chi connectivity index (χ2n) is 6.64. The van der Waals surface area contributed by atoms with E-state index in [1.54, 1.807) is 13.8 Å². The molecule has 0 N–H and O–H groups in total. The number of hydrogen-bond donors (Lipinski definition) is 0. The minimum absolute atomic E-state index is 0.0213. The summed E-state index contributed by atoms with van der Waals surface area (Å²) in [5.41, 5.74) is 0.831. The highest BCUT2D eigenvalue weighted by Crippen LogP contribution is 2.29. The van der Waals surface area contributed by atoms with Gasteiger partial charge >= 0.3 is 6.16 Å². The van der Waals surface area contributed by atoms with E-state index in [-0.39, 0.29) is 19.4 Å². The Kier molecular flexibility index (Phi) is 5.11. The smallest absolute Gasteiger partial charge is 0.432 e. The lowest BCUT2D eigenvalue weighted by Crippen LogP contribution is -2.55. The van der Waals surface area contributed by atoms with E-state index in [4.69, 9.17) is 9.47 Å². The molecule has 1 aromatic carbocycles. The lowest BCUT2D eigenvalue weighted by molar-refractivity contribution is -0.157. The molecule has 3 rings (SSSR count). The fourth-order valence-electron chi connectivity index (χ4n) is 3.15. The maximum atomic E-state index is 13.4. The van der Waals surface area contributed by atoms with Gasteiger partial charge in [0.15, 0.2) is 6.73 Å². The number of halogens is 1. The second kappa shape index (κ2) is 7.34. The standard InChI is InChI=1S/C18H19FN2O6/c1-10(2)27-18(25)26-9-21-15(22)6-5-14(17(21)24)20-8-11-7-12(19)3-4-13(11)16(20)23/h3-4,7,10,14H,5-6,8-9H2,1-2H3. The van der Waals surface area contributed by atoms with Crippen LogP contribution in [0.5, 0.6) is 0 Å². The zero-order chi connectivity index (χ0) is 19.7. The number of carbonyl (C=O) groups excluding carboxylic acids is 4. The summed E-state index contributed by atoms with van der Waals surface area (Å²) >= 11 is 0. The van der Waals surface area contributed by atoms with Gasteiger partial charge < -0.3 is 14.4 Å². The van der Waals surface area contributed by atoms with Crippen molar-refractivity contribution in [3.05, 3.63) is 35.1 Å². The van der Waals surface area contributed by atoms with Gasteiger partial charge in [0.1, 0.15) is 11.9 Å². The van der Waals surface area contributed by atoms with Crippen molar-refractivity contribution in [3.8, 4) is 0 Å². The topological polar surface area (TPSA) is 93.2 Å². The van der Waals surface area contributed by atoms with Gasteiger partial charge in [-0.2, -0.15) is 0 Å². The molecule has 0 saturated carbocycles. The highest BCUT2D eigenvalue weighted by molar-refractivity contribution is 6.05. The fourth-order valence-corrected chi connectivity index (χ4v) is 3.15. The van der Waals surface area contributed by atoms with Crippen LogP contribution in [0.3, 0.4) is 0 Å². The Balaban J connectivity index is 1.71.